The molecule has 0 bridgehead atoms. The molecule has 3 aromatic carbocycles. The summed E-state index contributed by atoms with van der Waals surface area (Å²) < 4.78 is 12.7. The van der Waals surface area contributed by atoms with Gasteiger partial charge in [-0.15, -0.1) is 0 Å². The number of benzene rings is 3. The zero-order valence-electron chi connectivity index (χ0n) is 24.6. The quantitative estimate of drug-likeness (QED) is 0.193. The Bertz CT molecular complexity index is 1780. The Labute approximate surface area is 256 Å². The number of ether oxygens (including phenoxy) is 2. The van der Waals surface area contributed by atoms with E-state index in [2.05, 4.69) is 11.1 Å². The average molecular weight is 587 g/mol. The lowest BCUT2D eigenvalue weighted by atomic mass is 9.69. The smallest absolute Gasteiger partial charge is 0.233 e. The van der Waals surface area contributed by atoms with Crippen molar-refractivity contribution in [1.29, 1.82) is 0 Å². The monoisotopic (exact) mass is 586 g/mol. The van der Waals surface area contributed by atoms with Gasteiger partial charge in [0, 0.05) is 24.5 Å². The number of phenols is 1. The number of nitrogens with zero attached hydrogens (tertiary/aromatic N) is 2. The molecule has 3 heterocycles. The summed E-state index contributed by atoms with van der Waals surface area (Å²) in [5.74, 6) is -0.0999. The van der Waals surface area contributed by atoms with E-state index in [0.717, 1.165) is 44.5 Å². The molecule has 0 saturated carbocycles. The molecule has 44 heavy (non-hydrogen) atoms. The molecular weight excluding hydrogens is 552 g/mol. The minimum atomic E-state index is -0.387. The molecule has 2 amide bonds. The van der Waals surface area contributed by atoms with Gasteiger partial charge >= 0.3 is 0 Å². The number of rotatable bonds is 8. The van der Waals surface area contributed by atoms with Gasteiger partial charge in [-0.25, -0.2) is 0 Å². The van der Waals surface area contributed by atoms with Crippen LogP contribution in [0.4, 0.5) is 0 Å². The van der Waals surface area contributed by atoms with Crippen LogP contribution in [0.3, 0.4) is 0 Å². The first-order valence-corrected chi connectivity index (χ1v) is 15.1. The SMILES string of the molecule is CN1C(=O)[C@@H]2[C@@H](CC(COc3ccccc3)=C3[C@@H](CC/C(=C/c4ccc(O)c5ccccc45)c4ccccn4)OC[C@@H]32)C1=O. The van der Waals surface area contributed by atoms with E-state index in [1.54, 1.807) is 19.3 Å². The predicted molar refractivity (Wildman–Crippen MR) is 169 cm³/mol. The van der Waals surface area contributed by atoms with Crippen LogP contribution in [0, 0.1) is 17.8 Å². The van der Waals surface area contributed by atoms with Gasteiger partial charge in [0.05, 0.1) is 30.2 Å². The minimum absolute atomic E-state index is 0.108. The lowest BCUT2D eigenvalue weighted by molar-refractivity contribution is -0.138. The second-order valence-corrected chi connectivity index (χ2v) is 11.8. The maximum atomic E-state index is 13.2. The number of amides is 2. The fourth-order valence-corrected chi connectivity index (χ4v) is 7.18. The van der Waals surface area contributed by atoms with Crippen molar-refractivity contribution in [3.63, 3.8) is 0 Å². The zero-order chi connectivity index (χ0) is 30.2. The summed E-state index contributed by atoms with van der Waals surface area (Å²) in [6.07, 6.45) is 5.61. The van der Waals surface area contributed by atoms with Crippen molar-refractivity contribution in [2.75, 3.05) is 20.3 Å². The summed E-state index contributed by atoms with van der Waals surface area (Å²) in [6, 6.07) is 27.1. The van der Waals surface area contributed by atoms with Crippen molar-refractivity contribution in [2.45, 2.75) is 25.4 Å². The van der Waals surface area contributed by atoms with Crippen LogP contribution in [-0.2, 0) is 14.3 Å². The summed E-state index contributed by atoms with van der Waals surface area (Å²) >= 11 is 0. The van der Waals surface area contributed by atoms with Gasteiger partial charge < -0.3 is 14.6 Å². The number of carbonyl (C=O) groups is 2. The molecule has 1 N–H and O–H groups in total. The number of allylic oxidation sites excluding steroid dienone is 1. The van der Waals surface area contributed by atoms with Gasteiger partial charge in [-0.3, -0.25) is 19.5 Å². The number of aromatic nitrogens is 1. The van der Waals surface area contributed by atoms with Crippen molar-refractivity contribution in [3.8, 4) is 11.5 Å². The molecule has 2 fully saturated rings. The fraction of sp³-hybridized carbons (Fsp3) is 0.270. The molecule has 222 valence electrons. The first-order chi connectivity index (χ1) is 21.5. The van der Waals surface area contributed by atoms with Gasteiger partial charge in [-0.1, -0.05) is 54.6 Å². The Hall–Kier alpha value is -4.75. The first kappa shape index (κ1) is 28.0. The highest BCUT2D eigenvalue weighted by atomic mass is 16.5. The van der Waals surface area contributed by atoms with E-state index in [1.165, 1.54) is 4.90 Å². The van der Waals surface area contributed by atoms with Crippen molar-refractivity contribution in [2.24, 2.45) is 17.8 Å². The standard InChI is InChI=1S/C37H34N2O5/c1-39-36(41)29-20-25(21-43-26-9-3-2-4-10-26)34-30(35(29)37(39)42)22-44-33(34)17-15-24(31-13-7-8-18-38-31)19-23-14-16-32(40)28-12-6-5-11-27(23)28/h2-14,16,18-19,29-30,33,35,40H,15,17,20-22H2,1H3/b24-19-/t29-,30+,33-,35-/m1/s1. The van der Waals surface area contributed by atoms with Crippen molar-refractivity contribution in [3.05, 3.63) is 114 Å². The van der Waals surface area contributed by atoms with Crippen molar-refractivity contribution in [1.82, 2.24) is 9.88 Å². The number of para-hydroxylation sites is 1. The van der Waals surface area contributed by atoms with Crippen LogP contribution in [0.25, 0.3) is 22.4 Å². The van der Waals surface area contributed by atoms with Gasteiger partial charge in [0.2, 0.25) is 11.8 Å². The van der Waals surface area contributed by atoms with Gasteiger partial charge in [-0.2, -0.15) is 0 Å². The molecule has 1 aliphatic carbocycles. The van der Waals surface area contributed by atoms with E-state index >= 15 is 0 Å². The number of aromatic hydroxyl groups is 1. The molecule has 4 atom stereocenters. The van der Waals surface area contributed by atoms with Crippen molar-refractivity contribution >= 4 is 34.2 Å². The molecule has 0 unspecified atom stereocenters. The van der Waals surface area contributed by atoms with E-state index in [0.29, 0.717) is 32.5 Å². The Morgan fingerprint density at radius 1 is 0.955 bits per heavy atom. The molecule has 0 spiro atoms. The lowest BCUT2D eigenvalue weighted by Gasteiger charge is -2.31. The average Bonchev–Trinajstić information content (AvgIpc) is 3.58. The molecule has 0 radical (unpaired) electrons. The Morgan fingerprint density at radius 3 is 2.52 bits per heavy atom. The van der Waals surface area contributed by atoms with Gasteiger partial charge in [0.25, 0.3) is 0 Å². The third-order valence-corrected chi connectivity index (χ3v) is 9.32. The number of pyridine rings is 1. The van der Waals surface area contributed by atoms with E-state index in [9.17, 15) is 14.7 Å². The fourth-order valence-electron chi connectivity index (χ4n) is 7.18. The van der Waals surface area contributed by atoms with Crippen LogP contribution in [0.15, 0.2) is 102 Å². The van der Waals surface area contributed by atoms with Gasteiger partial charge in [0.15, 0.2) is 0 Å². The summed E-state index contributed by atoms with van der Waals surface area (Å²) in [4.78, 5) is 32.3. The van der Waals surface area contributed by atoms with E-state index in [-0.39, 0.29) is 41.4 Å². The summed E-state index contributed by atoms with van der Waals surface area (Å²) in [5.41, 5.74) is 5.11. The zero-order valence-corrected chi connectivity index (χ0v) is 24.6. The number of hydrogen-bond donors (Lipinski definition) is 1. The minimum Gasteiger partial charge on any atom is -0.507 e. The topological polar surface area (TPSA) is 89.0 Å². The highest BCUT2D eigenvalue weighted by Crippen LogP contribution is 2.50. The first-order valence-electron chi connectivity index (χ1n) is 15.1. The molecule has 2 aliphatic heterocycles. The Morgan fingerprint density at radius 2 is 1.73 bits per heavy atom. The number of hydrogen-bond acceptors (Lipinski definition) is 6. The summed E-state index contributed by atoms with van der Waals surface area (Å²) in [6.45, 7) is 0.765. The third kappa shape index (κ3) is 5.07. The van der Waals surface area contributed by atoms with Crippen LogP contribution in [-0.4, -0.2) is 53.2 Å². The third-order valence-electron chi connectivity index (χ3n) is 9.32. The number of likely N-dealkylation sites (tertiary alicyclic amines) is 1. The number of imide groups is 1. The van der Waals surface area contributed by atoms with Crippen LogP contribution < -0.4 is 4.74 Å². The van der Waals surface area contributed by atoms with Crippen molar-refractivity contribution < 1.29 is 24.2 Å². The maximum absolute atomic E-state index is 13.2. The van der Waals surface area contributed by atoms with Gasteiger partial charge in [-0.05, 0) is 83.3 Å². The maximum Gasteiger partial charge on any atom is 0.233 e. The van der Waals surface area contributed by atoms with E-state index < -0.39 is 0 Å². The van der Waals surface area contributed by atoms with Crippen LogP contribution in [0.2, 0.25) is 0 Å². The van der Waals surface area contributed by atoms with E-state index in [4.69, 9.17) is 9.47 Å². The van der Waals surface area contributed by atoms with E-state index in [1.807, 2.05) is 78.9 Å². The molecule has 1 aromatic heterocycles. The summed E-state index contributed by atoms with van der Waals surface area (Å²) in [7, 11) is 1.59. The number of phenolic OH excluding ortho intramolecular Hbond substituents is 1. The number of fused-ring (bicyclic) bond motifs is 4. The normalized spacial score (nSPS) is 23.3. The van der Waals surface area contributed by atoms with Crippen LogP contribution in [0.1, 0.15) is 30.5 Å². The Kier molecular flexibility index (Phi) is 7.48. The molecule has 3 aliphatic rings. The molecule has 7 rings (SSSR count). The molecule has 7 nitrogen and oxygen atoms in total. The predicted octanol–water partition coefficient (Wildman–Crippen LogP) is 6.29. The highest BCUT2D eigenvalue weighted by molar-refractivity contribution is 6.05. The second-order valence-electron chi connectivity index (χ2n) is 11.8. The molecule has 2 saturated heterocycles. The number of carbonyl (C=O) groups excluding carboxylic acids is 2. The van der Waals surface area contributed by atoms with Crippen LogP contribution >= 0.6 is 0 Å². The van der Waals surface area contributed by atoms with Crippen LogP contribution in [0.5, 0.6) is 11.5 Å². The largest absolute Gasteiger partial charge is 0.507 e. The van der Waals surface area contributed by atoms with Gasteiger partial charge in [0.1, 0.15) is 18.1 Å². The lowest BCUT2D eigenvalue weighted by Crippen LogP contribution is -2.35. The summed E-state index contributed by atoms with van der Waals surface area (Å²) in [5, 5.41) is 12.2. The Balaban J connectivity index is 1.22. The molecule has 7 heteroatoms. The second kappa shape index (κ2) is 11.7. The highest BCUT2D eigenvalue weighted by Gasteiger charge is 2.56. The molecule has 4 aromatic rings. The molecular formula is C37H34N2O5.